The number of carbonyl (C=O) groups excluding carboxylic acids is 1. The normalized spacial score (nSPS) is 22.5. The lowest BCUT2D eigenvalue weighted by molar-refractivity contribution is -0.134. The molecule has 2 aromatic carbocycles. The summed E-state index contributed by atoms with van der Waals surface area (Å²) in [6, 6.07) is 4.55. The summed E-state index contributed by atoms with van der Waals surface area (Å²) in [6.07, 6.45) is 1.54. The molecule has 178 valence electrons. The highest BCUT2D eigenvalue weighted by Crippen LogP contribution is 2.40. The number of alkyl halides is 2. The summed E-state index contributed by atoms with van der Waals surface area (Å²) in [6.45, 7) is -0.957. The van der Waals surface area contributed by atoms with Crippen LogP contribution >= 0.6 is 11.6 Å². The second-order valence-corrected chi connectivity index (χ2v) is 10.8. The molecule has 5 nitrogen and oxygen atoms in total. The number of likely N-dealkylation sites (tertiary alicyclic amines) is 1. The Hall–Kier alpha value is -2.17. The van der Waals surface area contributed by atoms with Crippen molar-refractivity contribution >= 4 is 27.5 Å². The molecule has 2 aromatic rings. The van der Waals surface area contributed by atoms with Gasteiger partial charge in [0.25, 0.3) is 5.92 Å². The molecule has 2 aliphatic rings. The third kappa shape index (κ3) is 5.17. The quantitative estimate of drug-likeness (QED) is 0.605. The summed E-state index contributed by atoms with van der Waals surface area (Å²) in [5.41, 5.74) is 0.156. The molecular formula is C22H21ClF4N2O3S. The topological polar surface area (TPSA) is 66.5 Å². The van der Waals surface area contributed by atoms with Gasteiger partial charge < -0.3 is 4.90 Å². The molecule has 0 aromatic heterocycles. The number of hydrogen-bond acceptors (Lipinski definition) is 3. The fourth-order valence-electron chi connectivity index (χ4n) is 4.23. The molecule has 2 fully saturated rings. The van der Waals surface area contributed by atoms with E-state index in [0.29, 0.717) is 12.8 Å². The van der Waals surface area contributed by atoms with Crippen LogP contribution in [0.3, 0.4) is 0 Å². The number of amides is 1. The van der Waals surface area contributed by atoms with Gasteiger partial charge in [0, 0.05) is 16.5 Å². The van der Waals surface area contributed by atoms with Crippen LogP contribution < -0.4 is 4.72 Å². The molecule has 0 spiro atoms. The molecular weight excluding hydrogens is 484 g/mol. The average Bonchev–Trinajstić information content (AvgIpc) is 3.50. The molecule has 1 N–H and O–H groups in total. The maximum Gasteiger partial charge on any atom is 0.283 e. The molecule has 11 heteroatoms. The van der Waals surface area contributed by atoms with Crippen LogP contribution in [0.4, 0.5) is 17.6 Å². The van der Waals surface area contributed by atoms with Crippen molar-refractivity contribution < 1.29 is 30.8 Å². The van der Waals surface area contributed by atoms with Crippen molar-refractivity contribution in [3.63, 3.8) is 0 Å². The summed E-state index contributed by atoms with van der Waals surface area (Å²) in [5.74, 6) is -5.87. The summed E-state index contributed by atoms with van der Waals surface area (Å²) in [7, 11) is -4.05. The van der Waals surface area contributed by atoms with E-state index in [9.17, 15) is 26.4 Å². The first-order chi connectivity index (χ1) is 15.4. The third-order valence-electron chi connectivity index (χ3n) is 5.85. The van der Waals surface area contributed by atoms with Crippen LogP contribution in [0.2, 0.25) is 5.02 Å². The lowest BCUT2D eigenvalue weighted by atomic mass is 9.95. The van der Waals surface area contributed by atoms with E-state index in [1.54, 1.807) is 0 Å². The van der Waals surface area contributed by atoms with Crippen molar-refractivity contribution in [1.82, 2.24) is 9.62 Å². The third-order valence-corrected chi connectivity index (χ3v) is 6.75. The Labute approximate surface area is 193 Å². The smallest absolute Gasteiger partial charge is 0.283 e. The second kappa shape index (κ2) is 8.56. The van der Waals surface area contributed by atoms with E-state index in [1.165, 1.54) is 24.3 Å². The van der Waals surface area contributed by atoms with E-state index in [-0.39, 0.29) is 34.1 Å². The Kier molecular flexibility index (Phi) is 6.22. The van der Waals surface area contributed by atoms with Crippen LogP contribution in [-0.4, -0.2) is 50.0 Å². The monoisotopic (exact) mass is 504 g/mol. The first-order valence-electron chi connectivity index (χ1n) is 10.3. The maximum absolute atomic E-state index is 15.4. The van der Waals surface area contributed by atoms with Crippen molar-refractivity contribution in [3.8, 4) is 11.1 Å². The Morgan fingerprint density at radius 1 is 1.21 bits per heavy atom. The van der Waals surface area contributed by atoms with Gasteiger partial charge in [-0.2, -0.15) is 0 Å². The molecule has 2 atom stereocenters. The molecule has 0 radical (unpaired) electrons. The van der Waals surface area contributed by atoms with E-state index in [1.807, 2.05) is 4.72 Å². The van der Waals surface area contributed by atoms with Gasteiger partial charge in [0.2, 0.25) is 15.9 Å². The lowest BCUT2D eigenvalue weighted by Gasteiger charge is -2.28. The predicted molar refractivity (Wildman–Crippen MR) is 115 cm³/mol. The van der Waals surface area contributed by atoms with Crippen molar-refractivity contribution in [2.75, 3.05) is 12.8 Å². The van der Waals surface area contributed by atoms with Gasteiger partial charge in [-0.3, -0.25) is 4.79 Å². The molecule has 1 amide bonds. The number of sulfonamides is 1. The molecule has 1 heterocycles. The fourth-order valence-corrected chi connectivity index (χ4v) is 5.24. The van der Waals surface area contributed by atoms with Gasteiger partial charge in [-0.15, -0.1) is 0 Å². The van der Waals surface area contributed by atoms with Crippen molar-refractivity contribution in [1.29, 1.82) is 0 Å². The van der Waals surface area contributed by atoms with Crippen LogP contribution in [-0.2, 0) is 21.2 Å². The minimum Gasteiger partial charge on any atom is -0.331 e. The molecule has 33 heavy (non-hydrogen) atoms. The largest absolute Gasteiger partial charge is 0.331 e. The maximum atomic E-state index is 15.4. The Morgan fingerprint density at radius 2 is 1.91 bits per heavy atom. The highest BCUT2D eigenvalue weighted by molar-refractivity contribution is 7.88. The van der Waals surface area contributed by atoms with E-state index in [2.05, 4.69) is 0 Å². The number of hydrogen-bond donors (Lipinski definition) is 1. The van der Waals surface area contributed by atoms with Crippen LogP contribution in [0.15, 0.2) is 36.4 Å². The zero-order chi connectivity index (χ0) is 24.1. The second-order valence-electron chi connectivity index (χ2n) is 8.58. The molecule has 1 saturated carbocycles. The summed E-state index contributed by atoms with van der Waals surface area (Å²) in [5, 5.41) is 0.0591. The van der Waals surface area contributed by atoms with Crippen LogP contribution in [0.5, 0.6) is 0 Å². The van der Waals surface area contributed by atoms with Gasteiger partial charge in [-0.25, -0.2) is 30.7 Å². The van der Waals surface area contributed by atoms with E-state index in [4.69, 9.17) is 11.6 Å². The van der Waals surface area contributed by atoms with E-state index >= 15 is 4.39 Å². The number of rotatable bonds is 6. The van der Waals surface area contributed by atoms with E-state index < -0.39 is 52.1 Å². The summed E-state index contributed by atoms with van der Waals surface area (Å²) < 4.78 is 84.5. The SMILES string of the molecule is CS(=O)(=O)N[C@@H]1[C@H](Cc2cccc(-c3cc(F)cc(Cl)c3)c2F)N(C(=O)C2CC2)CC1(F)F. The van der Waals surface area contributed by atoms with Crippen molar-refractivity contribution in [2.24, 2.45) is 5.92 Å². The Morgan fingerprint density at radius 3 is 2.52 bits per heavy atom. The Bertz CT molecular complexity index is 1180. The van der Waals surface area contributed by atoms with Gasteiger partial charge in [0.15, 0.2) is 0 Å². The molecule has 0 bridgehead atoms. The number of nitrogens with one attached hydrogen (secondary N) is 1. The molecule has 4 rings (SSSR count). The van der Waals surface area contributed by atoms with Crippen LogP contribution in [0.25, 0.3) is 11.1 Å². The van der Waals surface area contributed by atoms with Gasteiger partial charge in [0.1, 0.15) is 17.7 Å². The van der Waals surface area contributed by atoms with Crippen LogP contribution in [0.1, 0.15) is 18.4 Å². The van der Waals surface area contributed by atoms with Crippen LogP contribution in [0, 0.1) is 17.6 Å². The molecule has 0 unspecified atom stereocenters. The zero-order valence-corrected chi connectivity index (χ0v) is 19.1. The minimum atomic E-state index is -4.05. The standard InChI is InChI=1S/C22H21ClF4N2O3S/c1-33(31,32)28-20-18(29(11-22(20,26)27)21(30)12-5-6-12)9-13-3-2-4-17(19(13)25)14-7-15(23)10-16(24)8-14/h2-4,7-8,10,12,18,20,28H,5-6,9,11H2,1H3/t18-,20+/m0/s1. The molecule has 1 aliphatic carbocycles. The van der Waals surface area contributed by atoms with Crippen molar-refractivity contribution in [2.45, 2.75) is 37.3 Å². The fraction of sp³-hybridized carbons (Fsp3) is 0.409. The van der Waals surface area contributed by atoms with Gasteiger partial charge in [-0.1, -0.05) is 29.8 Å². The number of benzene rings is 2. The Balaban J connectivity index is 1.73. The van der Waals surface area contributed by atoms with Gasteiger partial charge >= 0.3 is 0 Å². The van der Waals surface area contributed by atoms with Gasteiger partial charge in [0.05, 0.1) is 18.8 Å². The minimum absolute atomic E-state index is 0.00588. The summed E-state index contributed by atoms with van der Waals surface area (Å²) in [4.78, 5) is 13.7. The lowest BCUT2D eigenvalue weighted by Crippen LogP contribution is -2.52. The number of carbonyl (C=O) groups is 1. The predicted octanol–water partition coefficient (Wildman–Crippen LogP) is 4.00. The first kappa shape index (κ1) is 24.0. The number of halogens is 5. The van der Waals surface area contributed by atoms with E-state index in [0.717, 1.165) is 23.3 Å². The first-order valence-corrected chi connectivity index (χ1v) is 12.5. The highest BCUT2D eigenvalue weighted by atomic mass is 35.5. The molecule has 1 aliphatic heterocycles. The van der Waals surface area contributed by atoms with Crippen molar-refractivity contribution in [3.05, 3.63) is 58.6 Å². The average molecular weight is 505 g/mol. The molecule has 1 saturated heterocycles. The van der Waals surface area contributed by atoms with Gasteiger partial charge in [-0.05, 0) is 48.6 Å². The summed E-state index contributed by atoms with van der Waals surface area (Å²) >= 11 is 5.88. The highest BCUT2D eigenvalue weighted by Gasteiger charge is 2.58. The zero-order valence-electron chi connectivity index (χ0n) is 17.5. The number of nitrogens with zero attached hydrogens (tertiary/aromatic N) is 1.